The lowest BCUT2D eigenvalue weighted by Crippen LogP contribution is -2.19. The molecule has 0 spiro atoms. The van der Waals surface area contributed by atoms with Crippen molar-refractivity contribution in [2.24, 2.45) is 0 Å². The molecule has 0 saturated carbocycles. The summed E-state index contributed by atoms with van der Waals surface area (Å²) < 4.78 is 25.4. The van der Waals surface area contributed by atoms with Crippen LogP contribution < -0.4 is 4.72 Å². The SMILES string of the molecule is CNS(=O)(=O)c1cc(Cl)c(Cl)cc1Br. The number of nitrogens with one attached hydrogen (secondary N) is 1. The van der Waals surface area contributed by atoms with Crippen LogP contribution in [0.3, 0.4) is 0 Å². The van der Waals surface area contributed by atoms with Crippen LogP contribution in [0.4, 0.5) is 0 Å². The zero-order chi connectivity index (χ0) is 10.9. The van der Waals surface area contributed by atoms with Gasteiger partial charge in [-0.2, -0.15) is 0 Å². The minimum atomic E-state index is -3.51. The molecule has 1 aromatic carbocycles. The van der Waals surface area contributed by atoms with E-state index in [0.717, 1.165) is 0 Å². The summed E-state index contributed by atoms with van der Waals surface area (Å²) in [6, 6.07) is 2.73. The van der Waals surface area contributed by atoms with Crippen LogP contribution in [0.2, 0.25) is 10.0 Å². The summed E-state index contributed by atoms with van der Waals surface area (Å²) in [4.78, 5) is 0.0643. The van der Waals surface area contributed by atoms with Crippen LogP contribution in [0.15, 0.2) is 21.5 Å². The Morgan fingerprint density at radius 1 is 1.29 bits per heavy atom. The van der Waals surface area contributed by atoms with E-state index in [9.17, 15) is 8.42 Å². The highest BCUT2D eigenvalue weighted by Gasteiger charge is 2.17. The second-order valence-electron chi connectivity index (χ2n) is 2.40. The third-order valence-electron chi connectivity index (χ3n) is 1.53. The lowest BCUT2D eigenvalue weighted by Gasteiger charge is -2.06. The molecular weight excluding hydrogens is 313 g/mol. The van der Waals surface area contributed by atoms with E-state index in [1.54, 1.807) is 0 Å². The molecule has 7 heteroatoms. The van der Waals surface area contributed by atoms with Gasteiger partial charge in [0.2, 0.25) is 10.0 Å². The minimum Gasteiger partial charge on any atom is -0.214 e. The Bertz CT molecular complexity index is 461. The Kier molecular flexibility index (Phi) is 3.82. The van der Waals surface area contributed by atoms with Gasteiger partial charge in [0.25, 0.3) is 0 Å². The van der Waals surface area contributed by atoms with Crippen LogP contribution in [0, 0.1) is 0 Å². The molecule has 3 nitrogen and oxygen atoms in total. The normalized spacial score (nSPS) is 11.7. The van der Waals surface area contributed by atoms with Crippen molar-refractivity contribution < 1.29 is 8.42 Å². The molecule has 1 aromatic rings. The largest absolute Gasteiger partial charge is 0.241 e. The summed E-state index contributed by atoms with van der Waals surface area (Å²) in [6.45, 7) is 0. The molecule has 0 saturated heterocycles. The van der Waals surface area contributed by atoms with Gasteiger partial charge in [0.15, 0.2) is 0 Å². The van der Waals surface area contributed by atoms with Gasteiger partial charge in [0.1, 0.15) is 0 Å². The van der Waals surface area contributed by atoms with Crippen molar-refractivity contribution in [2.45, 2.75) is 4.90 Å². The summed E-state index contributed by atoms with van der Waals surface area (Å²) in [5.74, 6) is 0. The van der Waals surface area contributed by atoms with Gasteiger partial charge in [-0.25, -0.2) is 13.1 Å². The zero-order valence-electron chi connectivity index (χ0n) is 7.01. The van der Waals surface area contributed by atoms with Crippen LogP contribution in [-0.2, 0) is 10.0 Å². The molecule has 14 heavy (non-hydrogen) atoms. The number of benzene rings is 1. The Labute approximate surface area is 101 Å². The molecule has 0 aliphatic rings. The molecule has 0 atom stereocenters. The number of hydrogen-bond donors (Lipinski definition) is 1. The van der Waals surface area contributed by atoms with Crippen LogP contribution in [0.1, 0.15) is 0 Å². The molecule has 0 heterocycles. The van der Waals surface area contributed by atoms with Gasteiger partial charge in [0, 0.05) is 4.47 Å². The summed E-state index contributed by atoms with van der Waals surface area (Å²) in [7, 11) is -2.18. The average molecular weight is 319 g/mol. The highest BCUT2D eigenvalue weighted by atomic mass is 79.9. The van der Waals surface area contributed by atoms with Gasteiger partial charge >= 0.3 is 0 Å². The fourth-order valence-corrected chi connectivity index (χ4v) is 3.14. The Morgan fingerprint density at radius 3 is 2.29 bits per heavy atom. The van der Waals surface area contributed by atoms with Crippen molar-refractivity contribution in [3.8, 4) is 0 Å². The Morgan fingerprint density at radius 2 is 1.79 bits per heavy atom. The molecule has 78 valence electrons. The fourth-order valence-electron chi connectivity index (χ4n) is 0.820. The maximum absolute atomic E-state index is 11.4. The number of halogens is 3. The van der Waals surface area contributed by atoms with Gasteiger partial charge < -0.3 is 0 Å². The summed E-state index contributed by atoms with van der Waals surface area (Å²) in [5, 5.41) is 0.497. The predicted molar refractivity (Wildman–Crippen MR) is 60.4 cm³/mol. The van der Waals surface area contributed by atoms with Crippen molar-refractivity contribution in [3.63, 3.8) is 0 Å². The van der Waals surface area contributed by atoms with Gasteiger partial charge in [-0.1, -0.05) is 23.2 Å². The van der Waals surface area contributed by atoms with Gasteiger partial charge in [-0.05, 0) is 35.1 Å². The van der Waals surface area contributed by atoms with Gasteiger partial charge in [0.05, 0.1) is 14.9 Å². The molecule has 0 aliphatic heterocycles. The Hall–Kier alpha value is 0.190. The Balaban J connectivity index is 3.45. The lowest BCUT2D eigenvalue weighted by atomic mass is 10.4. The topological polar surface area (TPSA) is 46.2 Å². The first-order valence-corrected chi connectivity index (χ1v) is 6.50. The van der Waals surface area contributed by atoms with E-state index in [0.29, 0.717) is 9.50 Å². The molecule has 1 N–H and O–H groups in total. The summed E-state index contributed by atoms with van der Waals surface area (Å²) in [5.41, 5.74) is 0. The third kappa shape index (κ3) is 2.41. The number of rotatable bonds is 2. The highest BCUT2D eigenvalue weighted by Crippen LogP contribution is 2.31. The average Bonchev–Trinajstić information content (AvgIpc) is 2.11. The van der Waals surface area contributed by atoms with Gasteiger partial charge in [-0.15, -0.1) is 0 Å². The molecule has 0 radical (unpaired) electrons. The lowest BCUT2D eigenvalue weighted by molar-refractivity contribution is 0.588. The van der Waals surface area contributed by atoms with Crippen LogP contribution in [0.25, 0.3) is 0 Å². The van der Waals surface area contributed by atoms with E-state index in [1.807, 2.05) is 0 Å². The van der Waals surface area contributed by atoms with Crippen LogP contribution in [-0.4, -0.2) is 15.5 Å². The second-order valence-corrected chi connectivity index (χ2v) is 5.93. The molecule has 1 rings (SSSR count). The maximum Gasteiger partial charge on any atom is 0.241 e. The van der Waals surface area contributed by atoms with Crippen molar-refractivity contribution >= 4 is 49.2 Å². The fraction of sp³-hybridized carbons (Fsp3) is 0.143. The monoisotopic (exact) mass is 317 g/mol. The molecule has 0 aromatic heterocycles. The van der Waals surface area contributed by atoms with E-state index < -0.39 is 10.0 Å². The zero-order valence-corrected chi connectivity index (χ0v) is 10.9. The van der Waals surface area contributed by atoms with Crippen molar-refractivity contribution in [2.75, 3.05) is 7.05 Å². The maximum atomic E-state index is 11.4. The van der Waals surface area contributed by atoms with E-state index >= 15 is 0 Å². The van der Waals surface area contributed by atoms with E-state index in [4.69, 9.17) is 23.2 Å². The second kappa shape index (κ2) is 4.37. The van der Waals surface area contributed by atoms with Crippen LogP contribution >= 0.6 is 39.1 Å². The summed E-state index contributed by atoms with van der Waals surface area (Å²) >= 11 is 14.5. The minimum absolute atomic E-state index is 0.0643. The molecule has 0 amide bonds. The molecule has 0 fully saturated rings. The molecule has 0 unspecified atom stereocenters. The third-order valence-corrected chi connectivity index (χ3v) is 4.63. The standard InChI is InChI=1S/C7H6BrCl2NO2S/c1-11-14(12,13)7-3-6(10)5(9)2-4(7)8/h2-3,11H,1H3. The molecule has 0 aliphatic carbocycles. The predicted octanol–water partition coefficient (Wildman–Crippen LogP) is 2.66. The quantitative estimate of drug-likeness (QED) is 0.852. The molecular formula is C7H6BrCl2NO2S. The van der Waals surface area contributed by atoms with Crippen molar-refractivity contribution in [3.05, 3.63) is 26.7 Å². The number of hydrogen-bond acceptors (Lipinski definition) is 2. The van der Waals surface area contributed by atoms with Crippen LogP contribution in [0.5, 0.6) is 0 Å². The smallest absolute Gasteiger partial charge is 0.214 e. The molecule has 0 bridgehead atoms. The first kappa shape index (κ1) is 12.3. The first-order chi connectivity index (χ1) is 6.38. The first-order valence-electron chi connectivity index (χ1n) is 3.46. The van der Waals surface area contributed by atoms with E-state index in [-0.39, 0.29) is 9.92 Å². The van der Waals surface area contributed by atoms with Crippen molar-refractivity contribution in [1.82, 2.24) is 4.72 Å². The summed E-state index contributed by atoms with van der Waals surface area (Å²) in [6.07, 6.45) is 0. The highest BCUT2D eigenvalue weighted by molar-refractivity contribution is 9.10. The number of sulfonamides is 1. The van der Waals surface area contributed by atoms with Gasteiger partial charge in [-0.3, -0.25) is 0 Å². The van der Waals surface area contributed by atoms with Crippen molar-refractivity contribution in [1.29, 1.82) is 0 Å². The van der Waals surface area contributed by atoms with E-state index in [1.165, 1.54) is 19.2 Å². The van der Waals surface area contributed by atoms with E-state index in [2.05, 4.69) is 20.7 Å².